The molecule has 0 aliphatic carbocycles. The second-order valence-electron chi connectivity index (χ2n) is 21.2. The smallest absolute Gasteiger partial charge is 0.342 e. The highest BCUT2D eigenvalue weighted by molar-refractivity contribution is 7.62. The highest BCUT2D eigenvalue weighted by Crippen LogP contribution is 2.45. The lowest BCUT2D eigenvalue weighted by molar-refractivity contribution is -0.117. The van der Waals surface area contributed by atoms with Gasteiger partial charge in [0.15, 0.2) is 0 Å². The first-order valence-corrected chi connectivity index (χ1v) is 36.2. The van der Waals surface area contributed by atoms with Crippen LogP contribution in [-0.2, 0) is 49.5 Å². The average molecular weight is 990 g/mol. The highest BCUT2D eigenvalue weighted by Gasteiger charge is 2.35. The molecule has 0 bridgehead atoms. The van der Waals surface area contributed by atoms with E-state index in [9.17, 15) is 23.5 Å². The van der Waals surface area contributed by atoms with Crippen molar-refractivity contribution < 1.29 is 51.9 Å². The number of ether oxygens (including phenoxy) is 6. The molecule has 16 heteroatoms. The van der Waals surface area contributed by atoms with Gasteiger partial charge in [0.25, 0.3) is 0 Å². The molecule has 2 aromatic rings. The topological polar surface area (TPSA) is 144 Å². The summed E-state index contributed by atoms with van der Waals surface area (Å²) in [6.07, 6.45) is 10.4. The van der Waals surface area contributed by atoms with E-state index in [1.54, 1.807) is 32.4 Å². The minimum atomic E-state index is -2.19. The fourth-order valence-corrected chi connectivity index (χ4v) is 10.9. The summed E-state index contributed by atoms with van der Waals surface area (Å²) in [6, 6.07) is 1.98. The number of carbonyl (C=O) groups excluding carboxylic acids is 3. The zero-order valence-electron chi connectivity index (χ0n) is 43.2. The lowest BCUT2D eigenvalue weighted by Crippen LogP contribution is -2.27. The molecule has 2 aliphatic heterocycles. The second kappa shape index (κ2) is 24.6. The van der Waals surface area contributed by atoms with Gasteiger partial charge in [-0.1, -0.05) is 62.6 Å². The van der Waals surface area contributed by atoms with Crippen LogP contribution in [0.15, 0.2) is 23.3 Å². The molecule has 12 nitrogen and oxygen atoms in total. The molecule has 0 unspecified atom stereocenters. The van der Waals surface area contributed by atoms with Gasteiger partial charge in [0, 0.05) is 63.8 Å². The Morgan fingerprint density at radius 2 is 1.09 bits per heavy atom. The third-order valence-corrected chi connectivity index (χ3v) is 17.9. The maximum Gasteiger partial charge on any atom is 0.342 e. The van der Waals surface area contributed by atoms with E-state index in [1.807, 2.05) is 40.2 Å². The zero-order chi connectivity index (χ0) is 49.8. The lowest BCUT2D eigenvalue weighted by Gasteiger charge is -2.22. The molecule has 2 aromatic carbocycles. The normalized spacial score (nSPS) is 14.2. The van der Waals surface area contributed by atoms with Crippen LogP contribution in [0, 0.1) is 13.8 Å². The standard InChI is InChI=1S/C25H40NO6PSi.C25H41O5PSi/c1-18(15-26(17-27)11-13-33(4,5)29)9-10-20-23(30-3)19(2)21-16-32-25(28)22(21)24(20)31-12-14-34(6,7)8;1-18(11-9-10-15-31(4,5)27)12-13-20-23(28-3)19(2)21-17-30-25(26)22(21)24(20)29-14-16-32(6,7)8/h9,17H,10-16H2,1-8H3;12H,9-11,13-17H2,1-8H3/b18-9+;18-12+. The van der Waals surface area contributed by atoms with Crippen molar-refractivity contribution in [1.82, 2.24) is 4.90 Å². The molecule has 0 aromatic heterocycles. The zero-order valence-corrected chi connectivity index (χ0v) is 47.0. The first kappa shape index (κ1) is 56.7. The van der Waals surface area contributed by atoms with Crippen LogP contribution >= 0.6 is 14.3 Å². The molecule has 2 heterocycles. The van der Waals surface area contributed by atoms with Gasteiger partial charge in [0.2, 0.25) is 6.41 Å². The molecule has 0 fully saturated rings. The van der Waals surface area contributed by atoms with Crippen LogP contribution in [0.5, 0.6) is 23.0 Å². The van der Waals surface area contributed by atoms with Crippen molar-refractivity contribution in [2.24, 2.45) is 0 Å². The van der Waals surface area contributed by atoms with E-state index in [1.165, 1.54) is 5.57 Å². The largest absolute Gasteiger partial charge is 0.496 e. The summed E-state index contributed by atoms with van der Waals surface area (Å²) >= 11 is 0. The molecule has 1 amide bonds. The van der Waals surface area contributed by atoms with E-state index in [-0.39, 0.29) is 25.2 Å². The van der Waals surface area contributed by atoms with Gasteiger partial charge < -0.3 is 42.5 Å². The Morgan fingerprint density at radius 3 is 1.47 bits per heavy atom. The summed E-state index contributed by atoms with van der Waals surface area (Å²) in [4.78, 5) is 38.3. The fourth-order valence-electron chi connectivity index (χ4n) is 7.73. The molecule has 0 radical (unpaired) electrons. The quantitative estimate of drug-likeness (QED) is 0.0234. The fraction of sp³-hybridized carbons (Fsp3) is 0.620. The van der Waals surface area contributed by atoms with Gasteiger partial charge in [-0.05, 0) is 110 Å². The van der Waals surface area contributed by atoms with Gasteiger partial charge in [0.1, 0.15) is 47.3 Å². The molecule has 0 atom stereocenters. The minimum absolute atomic E-state index is 0.225. The molecule has 66 heavy (non-hydrogen) atoms. The number of nitrogens with zero attached hydrogens (tertiary/aromatic N) is 1. The number of rotatable bonds is 25. The molecule has 4 rings (SSSR count). The molecule has 0 saturated heterocycles. The molecule has 0 N–H and O–H groups in total. The highest BCUT2D eigenvalue weighted by atomic mass is 31.2. The second-order valence-corrected chi connectivity index (χ2v) is 39.7. The average Bonchev–Trinajstić information content (AvgIpc) is 3.79. The molecule has 0 spiro atoms. The van der Waals surface area contributed by atoms with Gasteiger partial charge >= 0.3 is 11.9 Å². The van der Waals surface area contributed by atoms with Crippen LogP contribution in [0.25, 0.3) is 0 Å². The number of hydrogen-bond donors (Lipinski definition) is 0. The number of carbonyl (C=O) groups is 3. The van der Waals surface area contributed by atoms with E-state index < -0.39 is 30.4 Å². The number of benzene rings is 2. The lowest BCUT2D eigenvalue weighted by atomic mass is 9.94. The first-order chi connectivity index (χ1) is 30.6. The van der Waals surface area contributed by atoms with Gasteiger partial charge in [-0.2, -0.15) is 0 Å². The Morgan fingerprint density at radius 1 is 0.667 bits per heavy atom. The van der Waals surface area contributed by atoms with Crippen molar-refractivity contribution in [1.29, 1.82) is 0 Å². The summed E-state index contributed by atoms with van der Waals surface area (Å²) < 4.78 is 58.7. The van der Waals surface area contributed by atoms with Gasteiger partial charge in [-0.25, -0.2) is 9.59 Å². The monoisotopic (exact) mass is 989 g/mol. The maximum absolute atomic E-state index is 12.6. The van der Waals surface area contributed by atoms with E-state index >= 15 is 0 Å². The van der Waals surface area contributed by atoms with E-state index in [2.05, 4.69) is 52.3 Å². The summed E-state index contributed by atoms with van der Waals surface area (Å²) in [5.41, 5.74) is 8.63. The van der Waals surface area contributed by atoms with Crippen LogP contribution in [0.1, 0.15) is 87.2 Å². The van der Waals surface area contributed by atoms with Crippen LogP contribution in [0.3, 0.4) is 0 Å². The molecule has 0 saturated carbocycles. The summed E-state index contributed by atoms with van der Waals surface area (Å²) in [5.74, 6) is 2.00. The molecular weight excluding hydrogens is 909 g/mol. The van der Waals surface area contributed by atoms with E-state index in [0.717, 1.165) is 88.6 Å². The first-order valence-electron chi connectivity index (χ1n) is 23.2. The Labute approximate surface area is 398 Å². The number of hydrogen-bond acceptors (Lipinski definition) is 11. The molecular formula is C50H81NO11P2Si2. The molecule has 2 aliphatic rings. The van der Waals surface area contributed by atoms with Crippen molar-refractivity contribution in [3.05, 3.63) is 67.8 Å². The Hall–Kier alpha value is -3.58. The SMILES string of the molecule is COc1c(C)c2c(c(OCC[Si](C)(C)C)c1C/C=C(\C)CCCCP(C)(C)=O)C(=O)OC2.COc1c(C)c2c(c(OCC[Si](C)(C)C)c1C/C=C(\C)CN(C=O)CCP(C)(C)=O)C(=O)OC2. The van der Waals surface area contributed by atoms with Crippen LogP contribution in [0.2, 0.25) is 51.4 Å². The van der Waals surface area contributed by atoms with Crippen molar-refractivity contribution in [3.63, 3.8) is 0 Å². The molecule has 370 valence electrons. The number of methoxy groups -OCH3 is 2. The third-order valence-electron chi connectivity index (χ3n) is 11.8. The summed E-state index contributed by atoms with van der Waals surface area (Å²) in [7, 11) is -3.44. The van der Waals surface area contributed by atoms with Gasteiger partial charge in [0.05, 0.1) is 41.7 Å². The van der Waals surface area contributed by atoms with E-state index in [4.69, 9.17) is 28.4 Å². The number of allylic oxidation sites excluding steroid dienone is 3. The van der Waals surface area contributed by atoms with Crippen LogP contribution in [0.4, 0.5) is 0 Å². The van der Waals surface area contributed by atoms with Gasteiger partial charge in [-0.3, -0.25) is 4.79 Å². The summed E-state index contributed by atoms with van der Waals surface area (Å²) in [5, 5.41) is 0. The van der Waals surface area contributed by atoms with Crippen LogP contribution < -0.4 is 18.9 Å². The van der Waals surface area contributed by atoms with Gasteiger partial charge in [-0.15, -0.1) is 0 Å². The predicted octanol–water partition coefficient (Wildman–Crippen LogP) is 11.6. The Kier molecular flexibility index (Phi) is 21.2. The maximum atomic E-state index is 12.6. The van der Waals surface area contributed by atoms with Crippen molar-refractivity contribution >= 4 is 48.8 Å². The third kappa shape index (κ3) is 17.5. The number of unbranched alkanes of at least 4 members (excludes halogenated alkanes) is 1. The summed E-state index contributed by atoms with van der Waals surface area (Å²) in [6.45, 7) is 31.5. The van der Waals surface area contributed by atoms with Crippen molar-refractivity contribution in [2.45, 2.75) is 124 Å². The van der Waals surface area contributed by atoms with Crippen molar-refractivity contribution in [3.8, 4) is 23.0 Å². The van der Waals surface area contributed by atoms with E-state index in [0.29, 0.717) is 73.7 Å². The Bertz CT molecular complexity index is 2210. The number of esters is 2. The Balaban J connectivity index is 0.000000351. The number of cyclic esters (lactones) is 2. The predicted molar refractivity (Wildman–Crippen MR) is 276 cm³/mol. The number of amides is 1. The van der Waals surface area contributed by atoms with Crippen LogP contribution in [-0.4, -0.2) is 119 Å². The number of fused-ring (bicyclic) bond motifs is 2. The minimum Gasteiger partial charge on any atom is -0.496 e. The van der Waals surface area contributed by atoms with Crippen molar-refractivity contribution in [2.75, 3.05) is 79.5 Å².